The Morgan fingerprint density at radius 3 is 2.11 bits per heavy atom. The first kappa shape index (κ1) is 9.31. The van der Waals surface area contributed by atoms with E-state index in [0.29, 0.717) is 5.25 Å². The van der Waals surface area contributed by atoms with Crippen LogP contribution in [0.25, 0.3) is 0 Å². The maximum Gasteiger partial charge on any atom is 0.00411 e. The summed E-state index contributed by atoms with van der Waals surface area (Å²) in [6.07, 6.45) is 2.53. The van der Waals surface area contributed by atoms with Crippen molar-refractivity contribution in [1.29, 1.82) is 0 Å². The molecule has 0 aromatic heterocycles. The summed E-state index contributed by atoms with van der Waals surface area (Å²) < 4.78 is 0. The summed E-state index contributed by atoms with van der Waals surface area (Å²) in [4.78, 5) is 2.35. The lowest BCUT2D eigenvalue weighted by Crippen LogP contribution is -2.30. The SMILES string of the molecule is C.CN1CCC(S)CC1. The number of hydrogen-bond acceptors (Lipinski definition) is 2. The second-order valence-corrected chi connectivity index (χ2v) is 3.26. The van der Waals surface area contributed by atoms with Gasteiger partial charge in [-0.25, -0.2) is 0 Å². The third kappa shape index (κ3) is 3.11. The first-order valence-electron chi connectivity index (χ1n) is 3.15. The van der Waals surface area contributed by atoms with Crippen LogP contribution >= 0.6 is 12.6 Å². The molecule has 0 aliphatic carbocycles. The van der Waals surface area contributed by atoms with Crippen molar-refractivity contribution in [1.82, 2.24) is 4.90 Å². The third-order valence-electron chi connectivity index (χ3n) is 1.69. The van der Waals surface area contributed by atoms with Gasteiger partial charge in [0, 0.05) is 5.25 Å². The largest absolute Gasteiger partial charge is 0.306 e. The molecule has 1 saturated heterocycles. The molecule has 56 valence electrons. The predicted octanol–water partition coefficient (Wildman–Crippen LogP) is 1.65. The highest BCUT2D eigenvalue weighted by molar-refractivity contribution is 7.80. The molecule has 0 unspecified atom stereocenters. The number of piperidine rings is 1. The topological polar surface area (TPSA) is 3.24 Å². The first-order valence-corrected chi connectivity index (χ1v) is 3.67. The van der Waals surface area contributed by atoms with Gasteiger partial charge in [-0.15, -0.1) is 0 Å². The second-order valence-electron chi connectivity index (χ2n) is 2.53. The van der Waals surface area contributed by atoms with E-state index >= 15 is 0 Å². The second kappa shape index (κ2) is 4.18. The van der Waals surface area contributed by atoms with E-state index in [1.165, 1.54) is 25.9 Å². The summed E-state index contributed by atoms with van der Waals surface area (Å²) in [6, 6.07) is 0. The molecular weight excluding hydrogens is 130 g/mol. The number of likely N-dealkylation sites (tertiary alicyclic amines) is 1. The van der Waals surface area contributed by atoms with Crippen LogP contribution in [0.1, 0.15) is 20.3 Å². The molecule has 1 fully saturated rings. The van der Waals surface area contributed by atoms with Crippen molar-refractivity contribution in [2.75, 3.05) is 20.1 Å². The molecule has 1 aliphatic heterocycles. The maximum atomic E-state index is 4.38. The monoisotopic (exact) mass is 147 g/mol. The molecule has 2 heteroatoms. The molecule has 0 N–H and O–H groups in total. The van der Waals surface area contributed by atoms with Gasteiger partial charge in [0.15, 0.2) is 0 Å². The lowest BCUT2D eigenvalue weighted by atomic mass is 10.1. The molecule has 1 rings (SSSR count). The first-order chi connectivity index (χ1) is 3.79. The number of thiol groups is 1. The Bertz CT molecular complexity index is 57.3. The standard InChI is InChI=1S/C6H13NS.CH4/c1-7-4-2-6(8)3-5-7;/h6,8H,2-5H2,1H3;1H4. The Labute approximate surface area is 63.8 Å². The van der Waals surface area contributed by atoms with Crippen LogP contribution in [0.2, 0.25) is 0 Å². The summed E-state index contributed by atoms with van der Waals surface area (Å²) in [5.41, 5.74) is 0. The molecule has 9 heavy (non-hydrogen) atoms. The van der Waals surface area contributed by atoms with Crippen LogP contribution in [0, 0.1) is 0 Å². The van der Waals surface area contributed by atoms with Crippen LogP contribution in [0.4, 0.5) is 0 Å². The van der Waals surface area contributed by atoms with Gasteiger partial charge in [0.2, 0.25) is 0 Å². The lowest BCUT2D eigenvalue weighted by molar-refractivity contribution is 0.282. The highest BCUT2D eigenvalue weighted by Gasteiger charge is 2.11. The Hall–Kier alpha value is 0.310. The van der Waals surface area contributed by atoms with E-state index in [1.54, 1.807) is 0 Å². The van der Waals surface area contributed by atoms with E-state index in [1.807, 2.05) is 0 Å². The summed E-state index contributed by atoms with van der Waals surface area (Å²) >= 11 is 4.38. The fourth-order valence-corrected chi connectivity index (χ4v) is 1.23. The average molecular weight is 147 g/mol. The van der Waals surface area contributed by atoms with Crippen molar-refractivity contribution in [3.8, 4) is 0 Å². The zero-order valence-electron chi connectivity index (χ0n) is 5.30. The zero-order valence-corrected chi connectivity index (χ0v) is 6.19. The van der Waals surface area contributed by atoms with Gasteiger partial charge in [0.25, 0.3) is 0 Å². The third-order valence-corrected chi connectivity index (χ3v) is 2.20. The van der Waals surface area contributed by atoms with Crippen LogP contribution in [0.15, 0.2) is 0 Å². The van der Waals surface area contributed by atoms with Gasteiger partial charge >= 0.3 is 0 Å². The number of nitrogens with zero attached hydrogens (tertiary/aromatic N) is 1. The van der Waals surface area contributed by atoms with Gasteiger partial charge < -0.3 is 4.90 Å². The number of rotatable bonds is 0. The van der Waals surface area contributed by atoms with Crippen molar-refractivity contribution >= 4 is 12.6 Å². The van der Waals surface area contributed by atoms with E-state index in [9.17, 15) is 0 Å². The van der Waals surface area contributed by atoms with Crippen LogP contribution in [0.3, 0.4) is 0 Å². The summed E-state index contributed by atoms with van der Waals surface area (Å²) in [5.74, 6) is 0. The zero-order chi connectivity index (χ0) is 5.98. The molecule has 0 aromatic carbocycles. The molecule has 1 heterocycles. The highest BCUT2D eigenvalue weighted by atomic mass is 32.1. The molecule has 0 aromatic rings. The van der Waals surface area contributed by atoms with E-state index < -0.39 is 0 Å². The Morgan fingerprint density at radius 1 is 1.33 bits per heavy atom. The normalized spacial score (nSPS) is 23.3. The summed E-state index contributed by atoms with van der Waals surface area (Å²) in [5, 5.41) is 0.672. The van der Waals surface area contributed by atoms with Crippen LogP contribution in [-0.2, 0) is 0 Å². The van der Waals surface area contributed by atoms with Gasteiger partial charge in [0.05, 0.1) is 0 Å². The van der Waals surface area contributed by atoms with Crippen molar-refractivity contribution in [2.45, 2.75) is 25.5 Å². The van der Waals surface area contributed by atoms with Gasteiger partial charge in [0.1, 0.15) is 0 Å². The van der Waals surface area contributed by atoms with Crippen LogP contribution < -0.4 is 0 Å². The Kier molecular flexibility index (Phi) is 4.32. The molecule has 1 nitrogen and oxygen atoms in total. The molecule has 0 atom stereocenters. The fraction of sp³-hybridized carbons (Fsp3) is 1.00. The summed E-state index contributed by atoms with van der Waals surface area (Å²) in [6.45, 7) is 2.46. The van der Waals surface area contributed by atoms with Crippen molar-refractivity contribution in [3.05, 3.63) is 0 Å². The van der Waals surface area contributed by atoms with Crippen molar-refractivity contribution < 1.29 is 0 Å². The predicted molar refractivity (Wildman–Crippen MR) is 46.2 cm³/mol. The van der Waals surface area contributed by atoms with E-state index in [2.05, 4.69) is 24.6 Å². The van der Waals surface area contributed by atoms with Gasteiger partial charge in [-0.1, -0.05) is 7.43 Å². The van der Waals surface area contributed by atoms with Crippen molar-refractivity contribution in [3.63, 3.8) is 0 Å². The number of hydrogen-bond donors (Lipinski definition) is 1. The quantitative estimate of drug-likeness (QED) is 0.510. The molecule has 1 aliphatic rings. The molecule has 0 spiro atoms. The van der Waals surface area contributed by atoms with Gasteiger partial charge in [-0.2, -0.15) is 12.6 Å². The molecular formula is C7H17NS. The molecule has 0 amide bonds. The Morgan fingerprint density at radius 2 is 1.78 bits per heavy atom. The molecule has 0 radical (unpaired) electrons. The Balaban J connectivity index is 0.000000640. The fourth-order valence-electron chi connectivity index (χ4n) is 0.995. The van der Waals surface area contributed by atoms with E-state index in [0.717, 1.165) is 0 Å². The maximum absolute atomic E-state index is 4.38. The highest BCUT2D eigenvalue weighted by Crippen LogP contribution is 2.12. The minimum absolute atomic E-state index is 0. The summed E-state index contributed by atoms with van der Waals surface area (Å²) in [7, 11) is 2.17. The van der Waals surface area contributed by atoms with Crippen molar-refractivity contribution in [2.24, 2.45) is 0 Å². The molecule has 0 bridgehead atoms. The average Bonchev–Trinajstić information content (AvgIpc) is 1.77. The van der Waals surface area contributed by atoms with E-state index in [-0.39, 0.29) is 7.43 Å². The molecule has 0 saturated carbocycles. The van der Waals surface area contributed by atoms with E-state index in [4.69, 9.17) is 0 Å². The van der Waals surface area contributed by atoms with Gasteiger partial charge in [-0.3, -0.25) is 0 Å². The van der Waals surface area contributed by atoms with Gasteiger partial charge in [-0.05, 0) is 33.0 Å². The lowest BCUT2D eigenvalue weighted by Gasteiger charge is -2.25. The minimum Gasteiger partial charge on any atom is -0.306 e. The minimum atomic E-state index is 0. The van der Waals surface area contributed by atoms with Crippen LogP contribution in [0.5, 0.6) is 0 Å². The smallest absolute Gasteiger partial charge is 0.00411 e. The van der Waals surface area contributed by atoms with Crippen LogP contribution in [-0.4, -0.2) is 30.3 Å².